The Labute approximate surface area is 125 Å². The normalized spacial score (nSPS) is 29.9. The minimum Gasteiger partial charge on any atom is -0.410 e. The van der Waals surface area contributed by atoms with Gasteiger partial charge in [-0.25, -0.2) is 0 Å². The van der Waals surface area contributed by atoms with Gasteiger partial charge in [-0.05, 0) is 31.6 Å². The van der Waals surface area contributed by atoms with Crippen LogP contribution in [0.25, 0.3) is 0 Å². The first-order valence-electron chi connectivity index (χ1n) is 8.34. The quantitative estimate of drug-likeness (QED) is 0.742. The van der Waals surface area contributed by atoms with Crippen molar-refractivity contribution in [3.8, 4) is 0 Å². The predicted octanol–water partition coefficient (Wildman–Crippen LogP) is 2.02. The minimum atomic E-state index is -1.49. The molecular formula is C15H32N2O2Si. The van der Waals surface area contributed by atoms with Gasteiger partial charge in [-0.3, -0.25) is 4.90 Å². The van der Waals surface area contributed by atoms with E-state index in [-0.39, 0.29) is 0 Å². The van der Waals surface area contributed by atoms with Gasteiger partial charge in [-0.1, -0.05) is 13.8 Å². The Morgan fingerprint density at radius 1 is 1.10 bits per heavy atom. The van der Waals surface area contributed by atoms with Crippen molar-refractivity contribution in [2.24, 2.45) is 0 Å². The van der Waals surface area contributed by atoms with Gasteiger partial charge in [0.15, 0.2) is 8.32 Å². The molecule has 0 saturated carbocycles. The lowest BCUT2D eigenvalue weighted by molar-refractivity contribution is 0.00824. The third-order valence-electron chi connectivity index (χ3n) is 4.99. The lowest BCUT2D eigenvalue weighted by atomic mass is 10.3. The fraction of sp³-hybridized carbons (Fsp3) is 1.00. The van der Waals surface area contributed by atoms with Crippen molar-refractivity contribution >= 4 is 8.32 Å². The number of piperazine rings is 1. The summed E-state index contributed by atoms with van der Waals surface area (Å²) in [4.78, 5) is 4.96. The van der Waals surface area contributed by atoms with Crippen molar-refractivity contribution in [3.63, 3.8) is 0 Å². The molecule has 2 aliphatic rings. The molecule has 4 nitrogen and oxygen atoms in total. The van der Waals surface area contributed by atoms with Crippen LogP contribution in [-0.4, -0.2) is 77.2 Å². The van der Waals surface area contributed by atoms with E-state index in [0.29, 0.717) is 6.10 Å². The van der Waals surface area contributed by atoms with E-state index in [1.807, 2.05) is 0 Å². The highest BCUT2D eigenvalue weighted by molar-refractivity contribution is 6.73. The van der Waals surface area contributed by atoms with Gasteiger partial charge in [-0.2, -0.15) is 0 Å². The molecule has 0 aromatic rings. The molecule has 2 aliphatic heterocycles. The van der Waals surface area contributed by atoms with Crippen LogP contribution in [0, 0.1) is 0 Å². The maximum Gasteiger partial charge on any atom is 0.193 e. The van der Waals surface area contributed by atoms with Crippen LogP contribution >= 0.6 is 0 Å². The summed E-state index contributed by atoms with van der Waals surface area (Å²) in [5.41, 5.74) is 0. The Balaban J connectivity index is 1.90. The minimum absolute atomic E-state index is 0.297. The summed E-state index contributed by atoms with van der Waals surface area (Å²) in [6.07, 6.45) is 1.49. The first-order chi connectivity index (χ1) is 9.67. The molecule has 2 rings (SSSR count). The number of ether oxygens (including phenoxy) is 1. The van der Waals surface area contributed by atoms with Gasteiger partial charge in [0.2, 0.25) is 0 Å². The van der Waals surface area contributed by atoms with Gasteiger partial charge in [0.05, 0.1) is 12.7 Å². The SMILES string of the molecule is CC[Si]1(CC)CCCOCC(CN2CCN(C)CC2)O1. The molecule has 0 radical (unpaired) electrons. The van der Waals surface area contributed by atoms with E-state index in [4.69, 9.17) is 9.16 Å². The van der Waals surface area contributed by atoms with E-state index in [2.05, 4.69) is 30.7 Å². The predicted molar refractivity (Wildman–Crippen MR) is 85.8 cm³/mol. The third kappa shape index (κ3) is 4.53. The van der Waals surface area contributed by atoms with Crippen molar-refractivity contribution in [1.29, 1.82) is 0 Å². The molecular weight excluding hydrogens is 268 g/mol. The summed E-state index contributed by atoms with van der Waals surface area (Å²) < 4.78 is 12.5. The van der Waals surface area contributed by atoms with Crippen LogP contribution in [0.1, 0.15) is 20.3 Å². The number of nitrogens with zero attached hydrogens (tertiary/aromatic N) is 2. The molecule has 0 aromatic carbocycles. The number of hydrogen-bond acceptors (Lipinski definition) is 4. The van der Waals surface area contributed by atoms with Crippen molar-refractivity contribution in [2.75, 3.05) is 53.0 Å². The average molecular weight is 301 g/mol. The van der Waals surface area contributed by atoms with Crippen LogP contribution in [0.15, 0.2) is 0 Å². The van der Waals surface area contributed by atoms with Crippen LogP contribution in [0.5, 0.6) is 0 Å². The van der Waals surface area contributed by atoms with Gasteiger partial charge < -0.3 is 14.1 Å². The molecule has 2 heterocycles. The van der Waals surface area contributed by atoms with Crippen LogP contribution < -0.4 is 0 Å². The maximum atomic E-state index is 6.67. The smallest absolute Gasteiger partial charge is 0.193 e. The molecule has 0 aliphatic carbocycles. The lowest BCUT2D eigenvalue weighted by Crippen LogP contribution is -2.51. The standard InChI is InChI=1S/C15H32N2O2Si/c1-4-20(5-2)12-6-11-18-14-15(19-20)13-17-9-7-16(3)8-10-17/h15H,4-14H2,1-3H3. The van der Waals surface area contributed by atoms with Crippen molar-refractivity contribution in [2.45, 2.75) is 44.5 Å². The molecule has 0 N–H and O–H groups in total. The summed E-state index contributed by atoms with van der Waals surface area (Å²) in [6, 6.07) is 3.78. The van der Waals surface area contributed by atoms with Crippen LogP contribution in [0.4, 0.5) is 0 Å². The summed E-state index contributed by atoms with van der Waals surface area (Å²) >= 11 is 0. The molecule has 5 heteroatoms. The van der Waals surface area contributed by atoms with Crippen LogP contribution in [0.2, 0.25) is 18.1 Å². The highest BCUT2D eigenvalue weighted by atomic mass is 28.4. The van der Waals surface area contributed by atoms with E-state index in [9.17, 15) is 0 Å². The molecule has 0 bridgehead atoms. The molecule has 2 fully saturated rings. The molecule has 0 aromatic heterocycles. The second kappa shape index (κ2) is 7.89. The van der Waals surface area contributed by atoms with E-state index in [1.165, 1.54) is 50.7 Å². The van der Waals surface area contributed by atoms with Crippen LogP contribution in [0.3, 0.4) is 0 Å². The summed E-state index contributed by atoms with van der Waals surface area (Å²) in [6.45, 7) is 12.1. The molecule has 118 valence electrons. The average Bonchev–Trinajstić information content (AvgIpc) is 2.44. The Hall–Kier alpha value is 0.0569. The lowest BCUT2D eigenvalue weighted by Gasteiger charge is -2.39. The summed E-state index contributed by atoms with van der Waals surface area (Å²) in [7, 11) is 0.716. The topological polar surface area (TPSA) is 24.9 Å². The zero-order valence-electron chi connectivity index (χ0n) is 13.6. The Morgan fingerprint density at radius 2 is 1.80 bits per heavy atom. The summed E-state index contributed by atoms with van der Waals surface area (Å²) in [5, 5.41) is 0. The Kier molecular flexibility index (Phi) is 6.48. The van der Waals surface area contributed by atoms with Gasteiger partial charge in [0.1, 0.15) is 0 Å². The highest BCUT2D eigenvalue weighted by Gasteiger charge is 2.35. The Morgan fingerprint density at radius 3 is 2.45 bits per heavy atom. The summed E-state index contributed by atoms with van der Waals surface area (Å²) in [5.74, 6) is 0. The monoisotopic (exact) mass is 300 g/mol. The fourth-order valence-corrected chi connectivity index (χ4v) is 6.63. The van der Waals surface area contributed by atoms with E-state index in [1.54, 1.807) is 0 Å². The van der Waals surface area contributed by atoms with Crippen LogP contribution in [-0.2, 0) is 9.16 Å². The third-order valence-corrected chi connectivity index (χ3v) is 9.66. The first kappa shape index (κ1) is 16.4. The number of hydrogen-bond donors (Lipinski definition) is 0. The van der Waals surface area contributed by atoms with Gasteiger partial charge in [0.25, 0.3) is 0 Å². The number of rotatable bonds is 4. The van der Waals surface area contributed by atoms with E-state index >= 15 is 0 Å². The van der Waals surface area contributed by atoms with Crippen molar-refractivity contribution in [1.82, 2.24) is 9.80 Å². The van der Waals surface area contributed by atoms with Crippen molar-refractivity contribution < 1.29 is 9.16 Å². The van der Waals surface area contributed by atoms with Gasteiger partial charge >= 0.3 is 0 Å². The molecule has 0 amide bonds. The molecule has 2 saturated heterocycles. The zero-order chi connectivity index (χ0) is 14.4. The first-order valence-corrected chi connectivity index (χ1v) is 10.9. The fourth-order valence-electron chi connectivity index (χ4n) is 3.34. The molecule has 20 heavy (non-hydrogen) atoms. The number of likely N-dealkylation sites (N-methyl/N-ethyl adjacent to an activating group) is 1. The van der Waals surface area contributed by atoms with Gasteiger partial charge in [-0.15, -0.1) is 0 Å². The largest absolute Gasteiger partial charge is 0.410 e. The molecule has 1 atom stereocenters. The maximum absolute atomic E-state index is 6.67. The van der Waals surface area contributed by atoms with Crippen molar-refractivity contribution in [3.05, 3.63) is 0 Å². The molecule has 0 spiro atoms. The Bertz CT molecular complexity index is 279. The second-order valence-corrected chi connectivity index (χ2v) is 10.9. The zero-order valence-corrected chi connectivity index (χ0v) is 14.6. The molecule has 1 unspecified atom stereocenters. The van der Waals surface area contributed by atoms with Gasteiger partial charge in [0, 0.05) is 39.3 Å². The second-order valence-electron chi connectivity index (χ2n) is 6.41. The highest BCUT2D eigenvalue weighted by Crippen LogP contribution is 2.27. The van der Waals surface area contributed by atoms with E-state index < -0.39 is 8.32 Å². The van der Waals surface area contributed by atoms with E-state index in [0.717, 1.165) is 19.8 Å².